The van der Waals surface area contributed by atoms with Crippen LogP contribution in [-0.2, 0) is 6.42 Å². The van der Waals surface area contributed by atoms with Crippen LogP contribution in [0.25, 0.3) is 0 Å². The topological polar surface area (TPSA) is 26.0 Å². The highest BCUT2D eigenvalue weighted by molar-refractivity contribution is 5.25. The molecule has 66 valence electrons. The number of terminal acetylenes is 1. The lowest BCUT2D eigenvalue weighted by Gasteiger charge is -1.88. The average molecular weight is 165 g/mol. The van der Waals surface area contributed by atoms with E-state index in [1.54, 1.807) is 0 Å². The van der Waals surface area contributed by atoms with Gasteiger partial charge >= 0.3 is 0 Å². The molecule has 2 heteroatoms. The van der Waals surface area contributed by atoms with Crippen LogP contribution in [0.4, 0.5) is 0 Å². The average Bonchev–Trinajstić information content (AvgIpc) is 2.56. The number of nitrogens with zero attached hydrogens (tertiary/aromatic N) is 1. The molecular formula is C10H15NO. The lowest BCUT2D eigenvalue weighted by molar-refractivity contribution is 0.543. The standard InChI is InChI=1S/C8H9NO.C2H6/c1-3-5-7-8(4-2)10-6-9-7;1-2/h2,6H,3,5H2,1H3;1-2H3. The second-order valence-electron chi connectivity index (χ2n) is 2.02. The second kappa shape index (κ2) is 6.48. The minimum atomic E-state index is 0.571. The lowest BCUT2D eigenvalue weighted by Crippen LogP contribution is -1.85. The molecule has 0 N–H and O–H groups in total. The van der Waals surface area contributed by atoms with E-state index in [4.69, 9.17) is 10.8 Å². The number of rotatable bonds is 2. The Labute approximate surface area is 74.0 Å². The number of oxazole rings is 1. The number of aryl methyl sites for hydroxylation is 1. The van der Waals surface area contributed by atoms with E-state index in [-0.39, 0.29) is 0 Å². The van der Waals surface area contributed by atoms with Gasteiger partial charge in [-0.25, -0.2) is 4.98 Å². The lowest BCUT2D eigenvalue weighted by atomic mass is 10.2. The van der Waals surface area contributed by atoms with Crippen molar-refractivity contribution in [1.82, 2.24) is 4.98 Å². The maximum absolute atomic E-state index is 5.14. The van der Waals surface area contributed by atoms with E-state index in [0.717, 1.165) is 18.5 Å². The fraction of sp³-hybridized carbons (Fsp3) is 0.500. The molecule has 0 spiro atoms. The predicted molar refractivity (Wildman–Crippen MR) is 49.8 cm³/mol. The quantitative estimate of drug-likeness (QED) is 0.629. The first-order chi connectivity index (χ1) is 5.88. The summed E-state index contributed by atoms with van der Waals surface area (Å²) in [7, 11) is 0. The summed E-state index contributed by atoms with van der Waals surface area (Å²) in [6, 6.07) is 0. The molecule has 0 atom stereocenters. The van der Waals surface area contributed by atoms with Crippen LogP contribution in [0.3, 0.4) is 0 Å². The third-order valence-corrected chi connectivity index (χ3v) is 1.26. The van der Waals surface area contributed by atoms with Crippen LogP contribution < -0.4 is 0 Å². The Morgan fingerprint density at radius 3 is 2.75 bits per heavy atom. The van der Waals surface area contributed by atoms with Gasteiger partial charge in [0.25, 0.3) is 0 Å². The van der Waals surface area contributed by atoms with Gasteiger partial charge in [-0.1, -0.05) is 27.2 Å². The molecule has 0 amide bonds. The van der Waals surface area contributed by atoms with Gasteiger partial charge in [-0.3, -0.25) is 0 Å². The molecule has 1 rings (SSSR count). The zero-order valence-electron chi connectivity index (χ0n) is 7.92. The Balaban J connectivity index is 0.000000561. The van der Waals surface area contributed by atoms with Crippen molar-refractivity contribution in [1.29, 1.82) is 0 Å². The van der Waals surface area contributed by atoms with Gasteiger partial charge in [0, 0.05) is 0 Å². The Morgan fingerprint density at radius 2 is 2.25 bits per heavy atom. The van der Waals surface area contributed by atoms with E-state index in [0.29, 0.717) is 5.76 Å². The first kappa shape index (κ1) is 10.8. The van der Waals surface area contributed by atoms with Crippen molar-refractivity contribution in [2.24, 2.45) is 0 Å². The molecular weight excluding hydrogens is 150 g/mol. The molecule has 0 saturated heterocycles. The second-order valence-corrected chi connectivity index (χ2v) is 2.02. The zero-order chi connectivity index (χ0) is 9.40. The van der Waals surface area contributed by atoms with Crippen molar-refractivity contribution in [3.05, 3.63) is 17.8 Å². The first-order valence-corrected chi connectivity index (χ1v) is 4.27. The van der Waals surface area contributed by atoms with Gasteiger partial charge in [0.15, 0.2) is 12.2 Å². The van der Waals surface area contributed by atoms with E-state index in [1.807, 2.05) is 13.8 Å². The summed E-state index contributed by atoms with van der Waals surface area (Å²) in [6.07, 6.45) is 8.47. The molecule has 0 bridgehead atoms. The summed E-state index contributed by atoms with van der Waals surface area (Å²) in [6.45, 7) is 6.08. The van der Waals surface area contributed by atoms with Crippen molar-refractivity contribution in [2.75, 3.05) is 0 Å². The highest BCUT2D eigenvalue weighted by atomic mass is 16.3. The summed E-state index contributed by atoms with van der Waals surface area (Å²) >= 11 is 0. The van der Waals surface area contributed by atoms with Gasteiger partial charge in [0.1, 0.15) is 0 Å². The van der Waals surface area contributed by atoms with Gasteiger partial charge in [0.2, 0.25) is 0 Å². The van der Waals surface area contributed by atoms with Gasteiger partial charge in [0.05, 0.1) is 5.69 Å². The van der Waals surface area contributed by atoms with Crippen molar-refractivity contribution < 1.29 is 4.42 Å². The summed E-state index contributed by atoms with van der Waals surface area (Å²) in [4.78, 5) is 3.97. The predicted octanol–water partition coefficient (Wildman–Crippen LogP) is 2.63. The number of hydrogen-bond acceptors (Lipinski definition) is 2. The van der Waals surface area contributed by atoms with Crippen LogP contribution in [-0.4, -0.2) is 4.98 Å². The molecule has 2 nitrogen and oxygen atoms in total. The van der Waals surface area contributed by atoms with Gasteiger partial charge in [-0.15, -0.1) is 6.42 Å². The molecule has 0 aliphatic rings. The molecule has 0 aliphatic carbocycles. The van der Waals surface area contributed by atoms with Gasteiger partial charge in [-0.05, 0) is 12.3 Å². The highest BCUT2D eigenvalue weighted by Gasteiger charge is 2.01. The molecule has 1 aromatic rings. The fourth-order valence-electron chi connectivity index (χ4n) is 0.802. The first-order valence-electron chi connectivity index (χ1n) is 4.27. The highest BCUT2D eigenvalue weighted by Crippen LogP contribution is 2.06. The molecule has 12 heavy (non-hydrogen) atoms. The van der Waals surface area contributed by atoms with Crippen LogP contribution in [0.2, 0.25) is 0 Å². The van der Waals surface area contributed by atoms with Crippen LogP contribution >= 0.6 is 0 Å². The van der Waals surface area contributed by atoms with E-state index < -0.39 is 0 Å². The third kappa shape index (κ3) is 2.79. The van der Waals surface area contributed by atoms with E-state index >= 15 is 0 Å². The molecule has 1 aromatic heterocycles. The maximum atomic E-state index is 5.14. The summed E-state index contributed by atoms with van der Waals surface area (Å²) in [5.41, 5.74) is 0.894. The number of hydrogen-bond donors (Lipinski definition) is 0. The molecule has 1 heterocycles. The van der Waals surface area contributed by atoms with Crippen molar-refractivity contribution >= 4 is 0 Å². The Kier molecular flexibility index (Phi) is 5.81. The normalized spacial score (nSPS) is 8.17. The smallest absolute Gasteiger partial charge is 0.200 e. The van der Waals surface area contributed by atoms with E-state index in [1.165, 1.54) is 6.39 Å². The summed E-state index contributed by atoms with van der Waals surface area (Å²) in [5, 5.41) is 0. The zero-order valence-corrected chi connectivity index (χ0v) is 7.92. The van der Waals surface area contributed by atoms with E-state index in [2.05, 4.69) is 17.8 Å². The fourth-order valence-corrected chi connectivity index (χ4v) is 0.802. The maximum Gasteiger partial charge on any atom is 0.200 e. The molecule has 0 saturated carbocycles. The molecule has 0 radical (unpaired) electrons. The van der Waals surface area contributed by atoms with Crippen LogP contribution in [0, 0.1) is 12.3 Å². The van der Waals surface area contributed by atoms with Crippen molar-refractivity contribution in [3.8, 4) is 12.3 Å². The van der Waals surface area contributed by atoms with Gasteiger partial charge in [-0.2, -0.15) is 0 Å². The van der Waals surface area contributed by atoms with Crippen LogP contribution in [0.15, 0.2) is 10.8 Å². The monoisotopic (exact) mass is 165 g/mol. The van der Waals surface area contributed by atoms with Crippen molar-refractivity contribution in [3.63, 3.8) is 0 Å². The Bertz CT molecular complexity index is 245. The molecule has 0 unspecified atom stereocenters. The number of aromatic nitrogens is 1. The van der Waals surface area contributed by atoms with Gasteiger partial charge < -0.3 is 4.42 Å². The largest absolute Gasteiger partial charge is 0.435 e. The van der Waals surface area contributed by atoms with E-state index in [9.17, 15) is 0 Å². The van der Waals surface area contributed by atoms with Crippen LogP contribution in [0.1, 0.15) is 38.6 Å². The molecule has 0 fully saturated rings. The summed E-state index contributed by atoms with van der Waals surface area (Å²) < 4.78 is 4.92. The minimum absolute atomic E-state index is 0.571. The van der Waals surface area contributed by atoms with Crippen LogP contribution in [0.5, 0.6) is 0 Å². The third-order valence-electron chi connectivity index (χ3n) is 1.26. The molecule has 0 aliphatic heterocycles. The van der Waals surface area contributed by atoms with Crippen molar-refractivity contribution in [2.45, 2.75) is 33.6 Å². The minimum Gasteiger partial charge on any atom is -0.435 e. The molecule has 0 aromatic carbocycles. The SMILES string of the molecule is C#Cc1ocnc1CCC.CC. The Morgan fingerprint density at radius 1 is 1.58 bits per heavy atom. The summed E-state index contributed by atoms with van der Waals surface area (Å²) in [5.74, 6) is 3.00. The Hall–Kier alpha value is -1.23.